The standard InChI is InChI=1S/C29H46O5Si/c1-27(2,3)35(6,7)34-25-14-21-15-29(32-18-28(4,5)19-33-29)16-23(21)26(25)24(31)13-22(17-30)20-11-9-8-10-12-20/h8-12,21-23,25-26,30H,13-19H2,1-7H3/t21-,22+,23+,25-,26+/m1/s1. The van der Waals surface area contributed by atoms with Crippen molar-refractivity contribution in [3.8, 4) is 0 Å². The summed E-state index contributed by atoms with van der Waals surface area (Å²) in [6, 6.07) is 9.92. The molecule has 1 aromatic carbocycles. The molecule has 35 heavy (non-hydrogen) atoms. The monoisotopic (exact) mass is 502 g/mol. The van der Waals surface area contributed by atoms with Gasteiger partial charge in [-0.25, -0.2) is 0 Å². The predicted molar refractivity (Wildman–Crippen MR) is 141 cm³/mol. The van der Waals surface area contributed by atoms with Crippen LogP contribution in [0.1, 0.15) is 71.8 Å². The van der Waals surface area contributed by atoms with Gasteiger partial charge < -0.3 is 19.0 Å². The van der Waals surface area contributed by atoms with E-state index in [1.54, 1.807) is 0 Å². The van der Waals surface area contributed by atoms with Gasteiger partial charge in [0.15, 0.2) is 14.1 Å². The zero-order valence-corrected chi connectivity index (χ0v) is 23.8. The second-order valence-corrected chi connectivity index (χ2v) is 18.4. The topological polar surface area (TPSA) is 65.0 Å². The van der Waals surface area contributed by atoms with E-state index in [1.807, 2.05) is 30.3 Å². The molecule has 0 amide bonds. The van der Waals surface area contributed by atoms with E-state index in [2.05, 4.69) is 47.7 Å². The Morgan fingerprint density at radius 1 is 1.14 bits per heavy atom. The molecule has 5 atom stereocenters. The van der Waals surface area contributed by atoms with Crippen molar-refractivity contribution in [1.29, 1.82) is 0 Å². The zero-order valence-electron chi connectivity index (χ0n) is 22.8. The van der Waals surface area contributed by atoms with Crippen molar-refractivity contribution in [2.45, 2.75) is 96.2 Å². The van der Waals surface area contributed by atoms with Gasteiger partial charge in [-0.3, -0.25) is 4.79 Å². The third kappa shape index (κ3) is 5.62. The van der Waals surface area contributed by atoms with Gasteiger partial charge in [0.05, 0.1) is 25.9 Å². The molecule has 1 saturated heterocycles. The summed E-state index contributed by atoms with van der Waals surface area (Å²) >= 11 is 0. The van der Waals surface area contributed by atoms with E-state index in [9.17, 15) is 9.90 Å². The Hall–Kier alpha value is -1.05. The summed E-state index contributed by atoms with van der Waals surface area (Å²) in [5.74, 6) is -0.126. The fourth-order valence-corrected chi connectivity index (χ4v) is 7.40. The van der Waals surface area contributed by atoms with Gasteiger partial charge in [-0.15, -0.1) is 0 Å². The van der Waals surface area contributed by atoms with Crippen LogP contribution in [0.25, 0.3) is 0 Å². The van der Waals surface area contributed by atoms with Crippen molar-refractivity contribution in [3.63, 3.8) is 0 Å². The minimum absolute atomic E-state index is 0.0240. The van der Waals surface area contributed by atoms with Crippen LogP contribution >= 0.6 is 0 Å². The van der Waals surface area contributed by atoms with Crippen LogP contribution < -0.4 is 0 Å². The van der Waals surface area contributed by atoms with E-state index >= 15 is 0 Å². The molecule has 0 bridgehead atoms. The summed E-state index contributed by atoms with van der Waals surface area (Å²) in [6.07, 6.45) is 2.77. The average Bonchev–Trinajstić information content (AvgIpc) is 3.27. The minimum Gasteiger partial charge on any atom is -0.413 e. The number of ketones is 1. The normalized spacial score (nSPS) is 30.9. The maximum Gasteiger partial charge on any atom is 0.192 e. The SMILES string of the molecule is CC1(C)COC2(C[C@H]3C[C@@H](O[Si](C)(C)C(C)(C)C)[C@H](C(=O)C[C@@H](CO)c4ccccc4)[C@H]3C2)OC1. The van der Waals surface area contributed by atoms with E-state index in [0.717, 1.165) is 24.8 Å². The second-order valence-electron chi connectivity index (χ2n) is 13.6. The van der Waals surface area contributed by atoms with Crippen molar-refractivity contribution in [2.24, 2.45) is 23.2 Å². The van der Waals surface area contributed by atoms with Gasteiger partial charge in [0, 0.05) is 36.5 Å². The minimum atomic E-state index is -2.05. The third-order valence-electron chi connectivity index (χ3n) is 9.14. The van der Waals surface area contributed by atoms with Crippen LogP contribution in [0.3, 0.4) is 0 Å². The molecule has 4 rings (SSSR count). The number of carbonyl (C=O) groups is 1. The van der Waals surface area contributed by atoms with Crippen molar-refractivity contribution in [2.75, 3.05) is 19.8 Å². The average molecular weight is 503 g/mol. The highest BCUT2D eigenvalue weighted by atomic mass is 28.4. The van der Waals surface area contributed by atoms with E-state index < -0.39 is 14.1 Å². The molecule has 5 nitrogen and oxygen atoms in total. The van der Waals surface area contributed by atoms with Crippen molar-refractivity contribution < 1.29 is 23.8 Å². The Bertz CT molecular complexity index is 880. The molecule has 1 spiro atoms. The van der Waals surface area contributed by atoms with Crippen LogP contribution in [-0.2, 0) is 18.7 Å². The lowest BCUT2D eigenvalue weighted by atomic mass is 9.82. The maximum atomic E-state index is 14.0. The summed E-state index contributed by atoms with van der Waals surface area (Å²) in [7, 11) is -2.05. The van der Waals surface area contributed by atoms with Gasteiger partial charge in [0.1, 0.15) is 5.78 Å². The molecule has 2 saturated carbocycles. The van der Waals surface area contributed by atoms with Crippen molar-refractivity contribution in [3.05, 3.63) is 35.9 Å². The fourth-order valence-electron chi connectivity index (χ4n) is 6.05. The number of Topliss-reactive ketones (excluding diaryl/α,β-unsaturated/α-hetero) is 1. The third-order valence-corrected chi connectivity index (χ3v) is 13.6. The molecule has 0 radical (unpaired) electrons. The Balaban J connectivity index is 1.57. The maximum absolute atomic E-state index is 14.0. The van der Waals surface area contributed by atoms with Gasteiger partial charge in [-0.2, -0.15) is 0 Å². The quantitative estimate of drug-likeness (QED) is 0.468. The first-order chi connectivity index (χ1) is 16.3. The molecule has 6 heteroatoms. The molecule has 3 aliphatic rings. The Kier molecular flexibility index (Phi) is 7.46. The number of rotatable bonds is 7. The van der Waals surface area contributed by atoms with E-state index in [0.29, 0.717) is 25.6 Å². The number of carbonyl (C=O) groups excluding carboxylic acids is 1. The number of hydrogen-bond acceptors (Lipinski definition) is 5. The lowest BCUT2D eigenvalue weighted by Crippen LogP contribution is -2.48. The number of hydrogen-bond donors (Lipinski definition) is 1. The Labute approximate surface area is 213 Å². The summed E-state index contributed by atoms with van der Waals surface area (Å²) in [5.41, 5.74) is 1.04. The largest absolute Gasteiger partial charge is 0.413 e. The lowest BCUT2D eigenvalue weighted by Gasteiger charge is -2.43. The van der Waals surface area contributed by atoms with Gasteiger partial charge >= 0.3 is 0 Å². The van der Waals surface area contributed by atoms with E-state index in [-0.39, 0.29) is 46.7 Å². The highest BCUT2D eigenvalue weighted by Crippen LogP contribution is 2.57. The van der Waals surface area contributed by atoms with Gasteiger partial charge in [-0.05, 0) is 42.0 Å². The molecule has 2 aliphatic carbocycles. The van der Waals surface area contributed by atoms with Crippen LogP contribution in [0.4, 0.5) is 0 Å². The fraction of sp³-hybridized carbons (Fsp3) is 0.759. The molecule has 1 heterocycles. The number of fused-ring (bicyclic) bond motifs is 1. The molecule has 1 aliphatic heterocycles. The molecule has 1 aromatic rings. The van der Waals surface area contributed by atoms with Gasteiger partial charge in [0.25, 0.3) is 0 Å². The van der Waals surface area contributed by atoms with E-state index in [1.165, 1.54) is 0 Å². The summed E-state index contributed by atoms with van der Waals surface area (Å²) < 4.78 is 19.7. The van der Waals surface area contributed by atoms with Gasteiger partial charge in [-0.1, -0.05) is 65.0 Å². The smallest absolute Gasteiger partial charge is 0.192 e. The number of aliphatic hydroxyl groups is 1. The zero-order chi connectivity index (χ0) is 25.6. The Morgan fingerprint density at radius 2 is 1.77 bits per heavy atom. The molecule has 0 aromatic heterocycles. The van der Waals surface area contributed by atoms with Crippen molar-refractivity contribution in [1.82, 2.24) is 0 Å². The second kappa shape index (κ2) is 9.68. The number of aliphatic hydroxyl groups excluding tert-OH is 1. The molecule has 0 unspecified atom stereocenters. The first-order valence-corrected chi connectivity index (χ1v) is 16.3. The number of benzene rings is 1. The Morgan fingerprint density at radius 3 is 2.34 bits per heavy atom. The van der Waals surface area contributed by atoms with Crippen LogP contribution in [0.5, 0.6) is 0 Å². The first kappa shape index (κ1) is 27.0. The number of ether oxygens (including phenoxy) is 2. The molecule has 196 valence electrons. The first-order valence-electron chi connectivity index (χ1n) is 13.4. The summed E-state index contributed by atoms with van der Waals surface area (Å²) in [5, 5.41) is 10.2. The summed E-state index contributed by atoms with van der Waals surface area (Å²) in [6.45, 7) is 17.0. The molecule has 3 fully saturated rings. The van der Waals surface area contributed by atoms with Crippen LogP contribution in [0.15, 0.2) is 30.3 Å². The molecule has 1 N–H and O–H groups in total. The molecular weight excluding hydrogens is 456 g/mol. The van der Waals surface area contributed by atoms with Crippen LogP contribution in [0, 0.1) is 23.2 Å². The summed E-state index contributed by atoms with van der Waals surface area (Å²) in [4.78, 5) is 14.0. The van der Waals surface area contributed by atoms with E-state index in [4.69, 9.17) is 13.9 Å². The lowest BCUT2D eigenvalue weighted by molar-refractivity contribution is -0.298. The predicted octanol–water partition coefficient (Wildman–Crippen LogP) is 5.93. The highest BCUT2D eigenvalue weighted by molar-refractivity contribution is 6.74. The van der Waals surface area contributed by atoms with Crippen LogP contribution in [-0.4, -0.2) is 50.9 Å². The van der Waals surface area contributed by atoms with Crippen molar-refractivity contribution >= 4 is 14.1 Å². The van der Waals surface area contributed by atoms with Crippen LogP contribution in [0.2, 0.25) is 18.1 Å². The molecular formula is C29H46O5Si. The van der Waals surface area contributed by atoms with Gasteiger partial charge in [0.2, 0.25) is 0 Å². The highest BCUT2D eigenvalue weighted by Gasteiger charge is 2.60.